The number of carbonyl (C=O) groups is 1. The largest absolute Gasteiger partial charge is 0.338 e. The number of hydrogen-bond donors (Lipinski definition) is 2. The molecule has 0 fully saturated rings. The van der Waals surface area contributed by atoms with E-state index in [2.05, 4.69) is 41.8 Å². The molecule has 4 rings (SSSR count). The molecule has 0 unspecified atom stereocenters. The zero-order chi connectivity index (χ0) is 20.9. The van der Waals surface area contributed by atoms with E-state index in [0.29, 0.717) is 13.1 Å². The van der Waals surface area contributed by atoms with Crippen LogP contribution in [0.2, 0.25) is 0 Å². The van der Waals surface area contributed by atoms with Crippen molar-refractivity contribution in [2.75, 3.05) is 6.54 Å². The fourth-order valence-electron chi connectivity index (χ4n) is 3.11. The first-order valence-electron chi connectivity index (χ1n) is 9.84. The second-order valence-corrected chi connectivity index (χ2v) is 7.94. The Morgan fingerprint density at radius 1 is 1.00 bits per heavy atom. The number of carbonyl (C=O) groups excluding carboxylic acids is 1. The van der Waals surface area contributed by atoms with Crippen LogP contribution in [0.4, 0.5) is 4.79 Å². The van der Waals surface area contributed by atoms with Gasteiger partial charge in [0.05, 0.1) is 17.9 Å². The van der Waals surface area contributed by atoms with Crippen LogP contribution in [-0.2, 0) is 6.54 Å². The van der Waals surface area contributed by atoms with Gasteiger partial charge in [0, 0.05) is 17.0 Å². The van der Waals surface area contributed by atoms with Crippen molar-refractivity contribution in [2.45, 2.75) is 30.3 Å². The molecule has 0 aliphatic carbocycles. The third kappa shape index (κ3) is 4.46. The lowest BCUT2D eigenvalue weighted by molar-refractivity contribution is 0.241. The van der Waals surface area contributed by atoms with E-state index in [0.717, 1.165) is 32.5 Å². The summed E-state index contributed by atoms with van der Waals surface area (Å²) in [4.78, 5) is 17.9. The molecule has 2 amide bonds. The second-order valence-electron chi connectivity index (χ2n) is 6.84. The third-order valence-corrected chi connectivity index (χ3v) is 5.53. The van der Waals surface area contributed by atoms with Crippen molar-refractivity contribution < 1.29 is 4.79 Å². The van der Waals surface area contributed by atoms with Crippen LogP contribution in [0.1, 0.15) is 18.2 Å². The number of fused-ring (bicyclic) bond motifs is 1. The number of imidazole rings is 1. The molecule has 152 valence electrons. The normalized spacial score (nSPS) is 10.9. The van der Waals surface area contributed by atoms with E-state index in [1.165, 1.54) is 5.56 Å². The highest BCUT2D eigenvalue weighted by Crippen LogP contribution is 2.28. The molecule has 4 aromatic rings. The minimum absolute atomic E-state index is 0.211. The predicted molar refractivity (Wildman–Crippen MR) is 120 cm³/mol. The summed E-state index contributed by atoms with van der Waals surface area (Å²) >= 11 is 1.59. The monoisotopic (exact) mass is 417 g/mol. The Balaban J connectivity index is 1.74. The Hall–Kier alpha value is -3.32. The molecule has 7 heteroatoms. The molecule has 0 aliphatic rings. The van der Waals surface area contributed by atoms with Gasteiger partial charge in [-0.15, -0.1) is 0 Å². The number of urea groups is 1. The molecule has 0 radical (unpaired) electrons. The molecular formula is C23H23N5OS. The SMILES string of the molecule is CCNC(=O)NCc1c(-c2ccc(C)cc2)nc2ccc(Sc3ccccc3)nn12. The predicted octanol–water partition coefficient (Wildman–Crippen LogP) is 4.68. The molecule has 30 heavy (non-hydrogen) atoms. The number of aryl methyl sites for hydroxylation is 1. The first-order valence-corrected chi connectivity index (χ1v) is 10.7. The van der Waals surface area contributed by atoms with Gasteiger partial charge >= 0.3 is 6.03 Å². The van der Waals surface area contributed by atoms with Crippen LogP contribution in [0.5, 0.6) is 0 Å². The van der Waals surface area contributed by atoms with E-state index in [9.17, 15) is 4.79 Å². The number of benzene rings is 2. The first-order chi connectivity index (χ1) is 14.6. The topological polar surface area (TPSA) is 71.3 Å². The lowest BCUT2D eigenvalue weighted by atomic mass is 10.1. The van der Waals surface area contributed by atoms with Gasteiger partial charge in [0.15, 0.2) is 5.65 Å². The summed E-state index contributed by atoms with van der Waals surface area (Å²) in [5, 5.41) is 11.3. The number of amides is 2. The van der Waals surface area contributed by atoms with E-state index in [1.54, 1.807) is 11.8 Å². The Bertz CT molecular complexity index is 1160. The van der Waals surface area contributed by atoms with Crippen molar-refractivity contribution in [3.05, 3.63) is 78.0 Å². The zero-order valence-electron chi connectivity index (χ0n) is 16.9. The van der Waals surface area contributed by atoms with E-state index >= 15 is 0 Å². The van der Waals surface area contributed by atoms with Crippen LogP contribution in [0.25, 0.3) is 16.9 Å². The number of aromatic nitrogens is 3. The summed E-state index contributed by atoms with van der Waals surface area (Å²) in [6.07, 6.45) is 0. The maximum atomic E-state index is 12.0. The van der Waals surface area contributed by atoms with Crippen LogP contribution in [0, 0.1) is 6.92 Å². The average Bonchev–Trinajstić information content (AvgIpc) is 3.11. The fraction of sp³-hybridized carbons (Fsp3) is 0.174. The molecule has 0 atom stereocenters. The molecule has 6 nitrogen and oxygen atoms in total. The van der Waals surface area contributed by atoms with E-state index in [-0.39, 0.29) is 6.03 Å². The molecule has 0 aliphatic heterocycles. The minimum atomic E-state index is -0.211. The second kappa shape index (κ2) is 9.00. The molecule has 2 heterocycles. The number of hydrogen-bond acceptors (Lipinski definition) is 4. The smallest absolute Gasteiger partial charge is 0.315 e. The Morgan fingerprint density at radius 2 is 1.77 bits per heavy atom. The maximum absolute atomic E-state index is 12.0. The fourth-order valence-corrected chi connectivity index (χ4v) is 3.91. The molecule has 0 spiro atoms. The summed E-state index contributed by atoms with van der Waals surface area (Å²) in [6.45, 7) is 4.84. The van der Waals surface area contributed by atoms with Crippen molar-refractivity contribution in [1.82, 2.24) is 25.2 Å². The molecule has 0 saturated heterocycles. The van der Waals surface area contributed by atoms with Gasteiger partial charge in [-0.3, -0.25) is 0 Å². The lowest BCUT2D eigenvalue weighted by Crippen LogP contribution is -2.35. The third-order valence-electron chi connectivity index (χ3n) is 4.59. The summed E-state index contributed by atoms with van der Waals surface area (Å²) in [7, 11) is 0. The van der Waals surface area contributed by atoms with Crippen molar-refractivity contribution in [3.8, 4) is 11.3 Å². The summed E-state index contributed by atoms with van der Waals surface area (Å²) in [6, 6.07) is 22.1. The maximum Gasteiger partial charge on any atom is 0.315 e. The first kappa shape index (κ1) is 20.0. The van der Waals surface area contributed by atoms with Crippen molar-refractivity contribution in [3.63, 3.8) is 0 Å². The van der Waals surface area contributed by atoms with E-state index in [1.807, 2.05) is 53.9 Å². The molecule has 2 aromatic heterocycles. The summed E-state index contributed by atoms with van der Waals surface area (Å²) in [5.41, 5.74) is 4.59. The van der Waals surface area contributed by atoms with Crippen molar-refractivity contribution in [2.24, 2.45) is 0 Å². The van der Waals surface area contributed by atoms with Gasteiger partial charge < -0.3 is 10.6 Å². The Labute approximate surface area is 179 Å². The van der Waals surface area contributed by atoms with Gasteiger partial charge in [0.25, 0.3) is 0 Å². The van der Waals surface area contributed by atoms with Crippen molar-refractivity contribution >= 4 is 23.4 Å². The number of rotatable bonds is 6. The summed E-state index contributed by atoms with van der Waals surface area (Å²) < 4.78 is 1.83. The highest BCUT2D eigenvalue weighted by atomic mass is 32.2. The van der Waals surface area contributed by atoms with E-state index in [4.69, 9.17) is 10.1 Å². The number of nitrogens with zero attached hydrogens (tertiary/aromatic N) is 3. The Morgan fingerprint density at radius 3 is 2.50 bits per heavy atom. The van der Waals surface area contributed by atoms with Gasteiger partial charge in [0.1, 0.15) is 5.03 Å². The van der Waals surface area contributed by atoms with Crippen molar-refractivity contribution in [1.29, 1.82) is 0 Å². The Kier molecular flexibility index (Phi) is 5.99. The van der Waals surface area contributed by atoms with Gasteiger partial charge in [-0.25, -0.2) is 14.3 Å². The standard InChI is InChI=1S/C23H23N5OS/c1-3-24-23(29)25-15-19-22(17-11-9-16(2)10-12-17)26-20-13-14-21(27-28(19)20)30-18-7-5-4-6-8-18/h4-14H,3,15H2,1-2H3,(H2,24,25,29). The quantitative estimate of drug-likeness (QED) is 0.478. The molecule has 2 N–H and O–H groups in total. The van der Waals surface area contributed by atoms with Gasteiger partial charge in [0.2, 0.25) is 0 Å². The molecule has 0 bridgehead atoms. The average molecular weight is 418 g/mol. The summed E-state index contributed by atoms with van der Waals surface area (Å²) in [5.74, 6) is 0. The lowest BCUT2D eigenvalue weighted by Gasteiger charge is -2.08. The highest BCUT2D eigenvalue weighted by Gasteiger charge is 2.16. The van der Waals surface area contributed by atoms with Crippen LogP contribution in [-0.4, -0.2) is 27.2 Å². The minimum Gasteiger partial charge on any atom is -0.338 e. The van der Waals surface area contributed by atoms with Gasteiger partial charge in [-0.05, 0) is 38.1 Å². The molecule has 2 aromatic carbocycles. The molecule has 0 saturated carbocycles. The molecular weight excluding hydrogens is 394 g/mol. The van der Waals surface area contributed by atoms with Crippen LogP contribution >= 0.6 is 11.8 Å². The number of nitrogens with one attached hydrogen (secondary N) is 2. The van der Waals surface area contributed by atoms with Gasteiger partial charge in [-0.1, -0.05) is 59.8 Å². The van der Waals surface area contributed by atoms with Gasteiger partial charge in [-0.2, -0.15) is 5.10 Å². The zero-order valence-corrected chi connectivity index (χ0v) is 17.7. The van der Waals surface area contributed by atoms with Crippen LogP contribution in [0.15, 0.2) is 76.7 Å². The van der Waals surface area contributed by atoms with Crippen LogP contribution in [0.3, 0.4) is 0 Å². The van der Waals surface area contributed by atoms with Crippen LogP contribution < -0.4 is 10.6 Å². The highest BCUT2D eigenvalue weighted by molar-refractivity contribution is 7.99. The van der Waals surface area contributed by atoms with E-state index < -0.39 is 0 Å².